The van der Waals surface area contributed by atoms with Crippen LogP contribution in [-0.2, 0) is 6.42 Å². The first-order valence-electron chi connectivity index (χ1n) is 5.52. The molecule has 0 aliphatic carbocycles. The number of aryl methyl sites for hydroxylation is 2. The Labute approximate surface area is 101 Å². The lowest BCUT2D eigenvalue weighted by Crippen LogP contribution is -1.99. The zero-order valence-electron chi connectivity index (χ0n) is 9.97. The van der Waals surface area contributed by atoms with Crippen LogP contribution in [0.25, 0.3) is 0 Å². The number of benzene rings is 1. The van der Waals surface area contributed by atoms with Crippen LogP contribution in [0, 0.1) is 13.8 Å². The fraction of sp³-hybridized carbons (Fsp3) is 0.214. The van der Waals surface area contributed by atoms with E-state index in [2.05, 4.69) is 42.0 Å². The third-order valence-corrected chi connectivity index (χ3v) is 2.78. The predicted molar refractivity (Wildman–Crippen MR) is 66.1 cm³/mol. The maximum absolute atomic E-state index is 10.6. The molecular weight excluding hydrogens is 212 g/mol. The molecule has 17 heavy (non-hydrogen) atoms. The number of hydrogen-bond acceptors (Lipinski definition) is 3. The summed E-state index contributed by atoms with van der Waals surface area (Å²) in [6.45, 7) is 4.17. The molecule has 2 aromatic rings. The van der Waals surface area contributed by atoms with E-state index in [1.807, 2.05) is 0 Å². The number of hydrogen-bond donors (Lipinski definition) is 0. The Morgan fingerprint density at radius 3 is 2.71 bits per heavy atom. The molecule has 0 fully saturated rings. The molecule has 1 aromatic carbocycles. The van der Waals surface area contributed by atoms with Crippen molar-refractivity contribution in [2.75, 3.05) is 0 Å². The molecule has 3 nitrogen and oxygen atoms in total. The summed E-state index contributed by atoms with van der Waals surface area (Å²) in [7, 11) is 0. The average molecular weight is 226 g/mol. The first-order valence-corrected chi connectivity index (χ1v) is 5.52. The second-order valence-corrected chi connectivity index (χ2v) is 4.11. The smallest absolute Gasteiger partial charge is 0.168 e. The largest absolute Gasteiger partial charge is 0.296 e. The van der Waals surface area contributed by atoms with Crippen LogP contribution in [0.1, 0.15) is 33.0 Å². The van der Waals surface area contributed by atoms with Gasteiger partial charge in [0.05, 0.1) is 0 Å². The number of nitrogens with zero attached hydrogens (tertiary/aromatic N) is 2. The van der Waals surface area contributed by atoms with Gasteiger partial charge in [0.1, 0.15) is 11.5 Å². The lowest BCUT2D eigenvalue weighted by molar-refractivity contribution is 0.111. The Bertz CT molecular complexity index is 550. The van der Waals surface area contributed by atoms with E-state index < -0.39 is 0 Å². The van der Waals surface area contributed by atoms with Crippen LogP contribution in [0.4, 0.5) is 0 Å². The van der Waals surface area contributed by atoms with Crippen molar-refractivity contribution in [3.05, 3.63) is 58.7 Å². The molecule has 1 heterocycles. The quantitative estimate of drug-likeness (QED) is 0.755. The minimum Gasteiger partial charge on any atom is -0.296 e. The maximum atomic E-state index is 10.6. The summed E-state index contributed by atoms with van der Waals surface area (Å²) >= 11 is 0. The molecule has 2 rings (SSSR count). The van der Waals surface area contributed by atoms with Crippen molar-refractivity contribution >= 4 is 6.29 Å². The Balaban J connectivity index is 2.24. The monoisotopic (exact) mass is 226 g/mol. The zero-order valence-corrected chi connectivity index (χ0v) is 9.97. The van der Waals surface area contributed by atoms with Gasteiger partial charge in [0.15, 0.2) is 6.29 Å². The Morgan fingerprint density at radius 1 is 1.18 bits per heavy atom. The van der Waals surface area contributed by atoms with Crippen LogP contribution in [-0.4, -0.2) is 16.3 Å². The van der Waals surface area contributed by atoms with E-state index in [1.54, 1.807) is 12.3 Å². The van der Waals surface area contributed by atoms with Crippen LogP contribution in [0.3, 0.4) is 0 Å². The molecule has 0 N–H and O–H groups in total. The Morgan fingerprint density at radius 2 is 2.00 bits per heavy atom. The number of rotatable bonds is 3. The van der Waals surface area contributed by atoms with Gasteiger partial charge in [-0.2, -0.15) is 0 Å². The fourth-order valence-corrected chi connectivity index (χ4v) is 1.66. The van der Waals surface area contributed by atoms with Crippen LogP contribution in [0.2, 0.25) is 0 Å². The van der Waals surface area contributed by atoms with E-state index >= 15 is 0 Å². The van der Waals surface area contributed by atoms with Crippen molar-refractivity contribution in [1.29, 1.82) is 0 Å². The molecule has 0 saturated heterocycles. The van der Waals surface area contributed by atoms with Gasteiger partial charge in [-0.25, -0.2) is 9.97 Å². The normalized spacial score (nSPS) is 10.2. The van der Waals surface area contributed by atoms with E-state index in [0.717, 1.165) is 11.8 Å². The van der Waals surface area contributed by atoms with Gasteiger partial charge in [-0.05, 0) is 36.6 Å². The second kappa shape index (κ2) is 4.87. The topological polar surface area (TPSA) is 42.9 Å². The summed E-state index contributed by atoms with van der Waals surface area (Å²) in [5.41, 5.74) is 4.13. The van der Waals surface area contributed by atoms with Gasteiger partial charge in [0.2, 0.25) is 0 Å². The number of carbonyl (C=O) groups is 1. The van der Waals surface area contributed by atoms with Crippen molar-refractivity contribution in [1.82, 2.24) is 9.97 Å². The van der Waals surface area contributed by atoms with Crippen molar-refractivity contribution < 1.29 is 4.79 Å². The SMILES string of the molecule is Cc1ccc(Cc2nccc(C=O)n2)cc1C. The summed E-state index contributed by atoms with van der Waals surface area (Å²) in [5, 5.41) is 0. The molecule has 0 amide bonds. The van der Waals surface area contributed by atoms with E-state index in [9.17, 15) is 4.79 Å². The van der Waals surface area contributed by atoms with Gasteiger partial charge in [-0.15, -0.1) is 0 Å². The predicted octanol–water partition coefficient (Wildman–Crippen LogP) is 2.50. The summed E-state index contributed by atoms with van der Waals surface area (Å²) < 4.78 is 0. The van der Waals surface area contributed by atoms with E-state index in [1.165, 1.54) is 11.1 Å². The van der Waals surface area contributed by atoms with Crippen molar-refractivity contribution in [2.24, 2.45) is 0 Å². The summed E-state index contributed by atoms with van der Waals surface area (Å²) in [4.78, 5) is 18.9. The van der Waals surface area contributed by atoms with Gasteiger partial charge in [0, 0.05) is 12.6 Å². The second-order valence-electron chi connectivity index (χ2n) is 4.11. The molecule has 86 valence electrons. The van der Waals surface area contributed by atoms with Crippen molar-refractivity contribution in [2.45, 2.75) is 20.3 Å². The molecule has 0 spiro atoms. The van der Waals surface area contributed by atoms with E-state index in [4.69, 9.17) is 0 Å². The number of aldehydes is 1. The summed E-state index contributed by atoms with van der Waals surface area (Å²) in [6, 6.07) is 7.90. The van der Waals surface area contributed by atoms with Crippen LogP contribution in [0.5, 0.6) is 0 Å². The summed E-state index contributed by atoms with van der Waals surface area (Å²) in [5.74, 6) is 0.679. The minimum absolute atomic E-state index is 0.429. The molecule has 0 atom stereocenters. The van der Waals surface area contributed by atoms with E-state index in [-0.39, 0.29) is 0 Å². The zero-order chi connectivity index (χ0) is 12.3. The highest BCUT2D eigenvalue weighted by Crippen LogP contribution is 2.12. The lowest BCUT2D eigenvalue weighted by atomic mass is 10.0. The minimum atomic E-state index is 0.429. The van der Waals surface area contributed by atoms with Gasteiger partial charge < -0.3 is 0 Å². The molecule has 0 unspecified atom stereocenters. The molecular formula is C14H14N2O. The van der Waals surface area contributed by atoms with Gasteiger partial charge in [-0.1, -0.05) is 18.2 Å². The third-order valence-electron chi connectivity index (χ3n) is 2.78. The van der Waals surface area contributed by atoms with Gasteiger partial charge in [0.25, 0.3) is 0 Å². The number of carbonyl (C=O) groups excluding carboxylic acids is 1. The Hall–Kier alpha value is -2.03. The molecule has 3 heteroatoms. The van der Waals surface area contributed by atoms with E-state index in [0.29, 0.717) is 17.9 Å². The third kappa shape index (κ3) is 2.75. The number of aromatic nitrogens is 2. The molecule has 0 aliphatic rings. The van der Waals surface area contributed by atoms with Crippen molar-refractivity contribution in [3.8, 4) is 0 Å². The molecule has 0 aliphatic heterocycles. The van der Waals surface area contributed by atoms with Crippen molar-refractivity contribution in [3.63, 3.8) is 0 Å². The highest BCUT2D eigenvalue weighted by Gasteiger charge is 2.02. The highest BCUT2D eigenvalue weighted by molar-refractivity contribution is 5.71. The van der Waals surface area contributed by atoms with Gasteiger partial charge >= 0.3 is 0 Å². The molecule has 0 radical (unpaired) electrons. The standard InChI is InChI=1S/C14H14N2O/c1-10-3-4-12(7-11(10)2)8-14-15-6-5-13(9-17)16-14/h3-7,9H,8H2,1-2H3. The summed E-state index contributed by atoms with van der Waals surface area (Å²) in [6.07, 6.45) is 3.02. The first kappa shape index (κ1) is 11.5. The van der Waals surface area contributed by atoms with Crippen LogP contribution >= 0.6 is 0 Å². The maximum Gasteiger partial charge on any atom is 0.168 e. The molecule has 1 aromatic heterocycles. The highest BCUT2D eigenvalue weighted by atomic mass is 16.1. The van der Waals surface area contributed by atoms with Gasteiger partial charge in [-0.3, -0.25) is 4.79 Å². The first-order chi connectivity index (χ1) is 8.19. The molecule has 0 saturated carbocycles. The Kier molecular flexibility index (Phi) is 3.28. The van der Waals surface area contributed by atoms with Crippen LogP contribution in [0.15, 0.2) is 30.5 Å². The fourth-order valence-electron chi connectivity index (χ4n) is 1.66. The van der Waals surface area contributed by atoms with Crippen LogP contribution < -0.4 is 0 Å². The average Bonchev–Trinajstić information content (AvgIpc) is 2.34. The molecule has 0 bridgehead atoms. The lowest BCUT2D eigenvalue weighted by Gasteiger charge is -2.04.